The summed E-state index contributed by atoms with van der Waals surface area (Å²) in [7, 11) is -3.33. The molecule has 0 aliphatic heterocycles. The van der Waals surface area contributed by atoms with E-state index in [0.717, 1.165) is 5.56 Å². The fraction of sp³-hybridized carbons (Fsp3) is 0.0952. The molecule has 1 amide bonds. The molecule has 9 heteroatoms. The number of sulfone groups is 1. The molecule has 0 spiro atoms. The van der Waals surface area contributed by atoms with Crippen LogP contribution in [0.2, 0.25) is 0 Å². The number of amides is 1. The van der Waals surface area contributed by atoms with Gasteiger partial charge in [-0.1, -0.05) is 29.5 Å². The van der Waals surface area contributed by atoms with Crippen molar-refractivity contribution in [3.63, 3.8) is 0 Å². The maximum atomic E-state index is 13.4. The van der Waals surface area contributed by atoms with E-state index in [1.54, 1.807) is 41.6 Å². The van der Waals surface area contributed by atoms with E-state index in [2.05, 4.69) is 25.9 Å². The third-order valence-corrected chi connectivity index (χ3v) is 7.26. The number of fused-ring (bicyclic) bond motifs is 1. The molecule has 2 aromatic heterocycles. The fourth-order valence-corrected chi connectivity index (χ4v) is 5.10. The van der Waals surface area contributed by atoms with Crippen molar-refractivity contribution >= 4 is 58.4 Å². The van der Waals surface area contributed by atoms with Crippen molar-refractivity contribution in [1.29, 1.82) is 0 Å². The minimum absolute atomic E-state index is 0.214. The molecule has 6 nitrogen and oxygen atoms in total. The molecule has 0 saturated carbocycles. The number of carbonyl (C=O) groups excluding carboxylic acids is 1. The van der Waals surface area contributed by atoms with Gasteiger partial charge in [-0.3, -0.25) is 14.7 Å². The van der Waals surface area contributed by atoms with Crippen LogP contribution in [0.15, 0.2) is 76.4 Å². The number of halogens is 1. The van der Waals surface area contributed by atoms with Crippen LogP contribution in [0.3, 0.4) is 0 Å². The molecule has 30 heavy (non-hydrogen) atoms. The SMILES string of the molecule is CS(=O)(=O)c1ccc2nc(N(Cc3cccnc3)C(=O)c3ccccc3Br)sc2c1. The van der Waals surface area contributed by atoms with E-state index in [9.17, 15) is 13.2 Å². The zero-order valence-corrected chi connectivity index (χ0v) is 19.0. The maximum Gasteiger partial charge on any atom is 0.261 e. The van der Waals surface area contributed by atoms with Crippen molar-refractivity contribution < 1.29 is 13.2 Å². The summed E-state index contributed by atoms with van der Waals surface area (Å²) in [6.07, 6.45) is 4.55. The third-order valence-electron chi connectivity index (χ3n) is 4.42. The Balaban J connectivity index is 1.81. The van der Waals surface area contributed by atoms with Gasteiger partial charge in [0.05, 0.1) is 27.2 Å². The molecule has 4 rings (SSSR count). The van der Waals surface area contributed by atoms with Crippen molar-refractivity contribution in [2.45, 2.75) is 11.4 Å². The van der Waals surface area contributed by atoms with Crippen LogP contribution in [-0.4, -0.2) is 30.5 Å². The molecule has 0 saturated heterocycles. The number of anilines is 1. The molecule has 0 radical (unpaired) electrons. The summed E-state index contributed by atoms with van der Waals surface area (Å²) in [5.41, 5.74) is 2.00. The van der Waals surface area contributed by atoms with E-state index in [-0.39, 0.29) is 17.3 Å². The molecule has 2 heterocycles. The summed E-state index contributed by atoms with van der Waals surface area (Å²) in [4.78, 5) is 24.0. The van der Waals surface area contributed by atoms with Gasteiger partial charge in [-0.15, -0.1) is 0 Å². The van der Waals surface area contributed by atoms with E-state index >= 15 is 0 Å². The summed E-state index contributed by atoms with van der Waals surface area (Å²) in [6, 6.07) is 15.7. The number of hydrogen-bond acceptors (Lipinski definition) is 6. The molecular weight excluding hydrogens is 486 g/mol. The lowest BCUT2D eigenvalue weighted by Crippen LogP contribution is -2.30. The Hall–Kier alpha value is -2.62. The second-order valence-electron chi connectivity index (χ2n) is 6.63. The van der Waals surface area contributed by atoms with E-state index in [1.165, 1.54) is 23.7 Å². The third kappa shape index (κ3) is 4.28. The average Bonchev–Trinajstić information content (AvgIpc) is 3.15. The van der Waals surface area contributed by atoms with Gasteiger partial charge in [0.1, 0.15) is 0 Å². The first-order valence-corrected chi connectivity index (χ1v) is 12.4. The number of benzene rings is 2. The van der Waals surface area contributed by atoms with Crippen molar-refractivity contribution in [1.82, 2.24) is 9.97 Å². The predicted octanol–water partition coefficient (Wildman–Crippen LogP) is 4.70. The minimum Gasteiger partial charge on any atom is -0.279 e. The first kappa shape index (κ1) is 20.6. The maximum absolute atomic E-state index is 13.4. The Morgan fingerprint density at radius 1 is 1.13 bits per heavy atom. The molecule has 0 aliphatic carbocycles. The molecule has 0 bridgehead atoms. The monoisotopic (exact) mass is 501 g/mol. The quantitative estimate of drug-likeness (QED) is 0.395. The Kier molecular flexibility index (Phi) is 5.68. The molecule has 152 valence electrons. The van der Waals surface area contributed by atoms with Gasteiger partial charge < -0.3 is 0 Å². The highest BCUT2D eigenvalue weighted by Gasteiger charge is 2.23. The summed E-state index contributed by atoms with van der Waals surface area (Å²) in [6.45, 7) is 0.284. The van der Waals surface area contributed by atoms with Crippen LogP contribution in [0.4, 0.5) is 5.13 Å². The second kappa shape index (κ2) is 8.25. The largest absolute Gasteiger partial charge is 0.279 e. The molecular formula is C21H16BrN3O3S2. The van der Waals surface area contributed by atoms with Crippen molar-refractivity contribution in [2.24, 2.45) is 0 Å². The average molecular weight is 502 g/mol. The Morgan fingerprint density at radius 3 is 2.63 bits per heavy atom. The van der Waals surface area contributed by atoms with Crippen LogP contribution in [0.1, 0.15) is 15.9 Å². The van der Waals surface area contributed by atoms with Gasteiger partial charge in [-0.05, 0) is 57.9 Å². The van der Waals surface area contributed by atoms with Crippen LogP contribution < -0.4 is 4.90 Å². The number of thiazole rings is 1. The number of aromatic nitrogens is 2. The summed E-state index contributed by atoms with van der Waals surface area (Å²) in [5, 5.41) is 0.486. The van der Waals surface area contributed by atoms with Crippen molar-refractivity contribution in [3.05, 3.63) is 82.6 Å². The number of carbonyl (C=O) groups is 1. The summed E-state index contributed by atoms with van der Waals surface area (Å²) < 4.78 is 25.2. The highest BCUT2D eigenvalue weighted by molar-refractivity contribution is 9.10. The van der Waals surface area contributed by atoms with Gasteiger partial charge in [0.25, 0.3) is 5.91 Å². The van der Waals surface area contributed by atoms with Crippen molar-refractivity contribution in [3.8, 4) is 0 Å². The molecule has 0 unspecified atom stereocenters. The van der Waals surface area contributed by atoms with Gasteiger partial charge in [0.15, 0.2) is 15.0 Å². The van der Waals surface area contributed by atoms with E-state index in [1.807, 2.05) is 24.3 Å². The molecule has 4 aromatic rings. The first-order valence-electron chi connectivity index (χ1n) is 8.89. The smallest absolute Gasteiger partial charge is 0.261 e. The van der Waals surface area contributed by atoms with Crippen LogP contribution >= 0.6 is 27.3 Å². The standard InChI is InChI=1S/C21H16BrN3O3S2/c1-30(27,28)15-8-9-18-19(11-15)29-21(24-18)25(13-14-5-4-10-23-12-14)20(26)16-6-2-3-7-17(16)22/h2-12H,13H2,1H3. The number of rotatable bonds is 5. The zero-order valence-electron chi connectivity index (χ0n) is 15.8. The normalized spacial score (nSPS) is 11.5. The first-order chi connectivity index (χ1) is 14.3. The molecule has 0 fully saturated rings. The minimum atomic E-state index is -3.33. The zero-order chi connectivity index (χ0) is 21.3. The summed E-state index contributed by atoms with van der Waals surface area (Å²) >= 11 is 4.72. The van der Waals surface area contributed by atoms with Crippen LogP contribution in [0.25, 0.3) is 10.2 Å². The van der Waals surface area contributed by atoms with Gasteiger partial charge >= 0.3 is 0 Å². The topological polar surface area (TPSA) is 80.2 Å². The van der Waals surface area contributed by atoms with Crippen LogP contribution in [-0.2, 0) is 16.4 Å². The van der Waals surface area contributed by atoms with E-state index in [4.69, 9.17) is 0 Å². The van der Waals surface area contributed by atoms with E-state index < -0.39 is 9.84 Å². The van der Waals surface area contributed by atoms with Crippen LogP contribution in [0.5, 0.6) is 0 Å². The summed E-state index contributed by atoms with van der Waals surface area (Å²) in [5.74, 6) is -0.214. The number of nitrogens with zero attached hydrogens (tertiary/aromatic N) is 3. The number of pyridine rings is 1. The molecule has 0 atom stereocenters. The lowest BCUT2D eigenvalue weighted by Gasteiger charge is -2.20. The van der Waals surface area contributed by atoms with Crippen molar-refractivity contribution in [2.75, 3.05) is 11.2 Å². The lowest BCUT2D eigenvalue weighted by molar-refractivity contribution is 0.0984. The van der Waals surface area contributed by atoms with Gasteiger partial charge in [-0.25, -0.2) is 13.4 Å². The Bertz CT molecular complexity index is 1340. The molecule has 0 aliphatic rings. The highest BCUT2D eigenvalue weighted by Crippen LogP contribution is 2.33. The number of hydrogen-bond donors (Lipinski definition) is 0. The van der Waals surface area contributed by atoms with Gasteiger partial charge in [0.2, 0.25) is 0 Å². The van der Waals surface area contributed by atoms with E-state index in [0.29, 0.717) is 25.4 Å². The van der Waals surface area contributed by atoms with Gasteiger partial charge in [-0.2, -0.15) is 0 Å². The van der Waals surface area contributed by atoms with Crippen LogP contribution in [0, 0.1) is 0 Å². The lowest BCUT2D eigenvalue weighted by atomic mass is 10.2. The molecule has 2 aromatic carbocycles. The fourth-order valence-electron chi connectivity index (χ4n) is 2.92. The second-order valence-corrected chi connectivity index (χ2v) is 10.5. The predicted molar refractivity (Wildman–Crippen MR) is 122 cm³/mol. The Labute approximate surface area is 186 Å². The molecule has 0 N–H and O–H groups in total. The highest BCUT2D eigenvalue weighted by atomic mass is 79.9. The Morgan fingerprint density at radius 2 is 1.93 bits per heavy atom. The van der Waals surface area contributed by atoms with Gasteiger partial charge in [0, 0.05) is 23.1 Å².